The van der Waals surface area contributed by atoms with E-state index in [2.05, 4.69) is 4.99 Å². The van der Waals surface area contributed by atoms with E-state index in [0.717, 1.165) is 0 Å². The predicted octanol–water partition coefficient (Wildman–Crippen LogP) is 1.36. The van der Waals surface area contributed by atoms with Crippen LogP contribution in [0.1, 0.15) is 10.4 Å². The normalized spacial score (nSPS) is 8.93. The monoisotopic (exact) mass is 193 g/mol. The van der Waals surface area contributed by atoms with Crippen LogP contribution in [0.3, 0.4) is 0 Å². The van der Waals surface area contributed by atoms with Crippen LogP contribution in [-0.4, -0.2) is 24.3 Å². The van der Waals surface area contributed by atoms with Gasteiger partial charge in [-0.05, 0) is 12.1 Å². The Labute approximate surface area is 79.7 Å². The van der Waals surface area contributed by atoms with Crippen LogP contribution in [0.25, 0.3) is 0 Å². The summed E-state index contributed by atoms with van der Waals surface area (Å²) in [6.45, 7) is 0. The van der Waals surface area contributed by atoms with Crippen molar-refractivity contribution in [1.82, 2.24) is 0 Å². The van der Waals surface area contributed by atoms with Gasteiger partial charge in [0.2, 0.25) is 6.08 Å². The molecule has 0 heterocycles. The average molecular weight is 193 g/mol. The highest BCUT2D eigenvalue weighted by Crippen LogP contribution is 2.30. The highest BCUT2D eigenvalue weighted by Gasteiger charge is 2.13. The number of aliphatic imine (C=N–C) groups is 1. The molecule has 72 valence electrons. The number of hydrogen-bond donors (Lipinski definition) is 1. The van der Waals surface area contributed by atoms with Crippen LogP contribution < -0.4 is 4.74 Å². The van der Waals surface area contributed by atoms with Gasteiger partial charge < -0.3 is 9.84 Å². The van der Waals surface area contributed by atoms with Crippen molar-refractivity contribution in [2.24, 2.45) is 4.99 Å². The van der Waals surface area contributed by atoms with Crippen molar-refractivity contribution in [1.29, 1.82) is 0 Å². The summed E-state index contributed by atoms with van der Waals surface area (Å²) in [5.74, 6) is -1.08. The summed E-state index contributed by atoms with van der Waals surface area (Å²) < 4.78 is 4.84. The third-order valence-corrected chi connectivity index (χ3v) is 1.59. The lowest BCUT2D eigenvalue weighted by molar-refractivity contribution is 0.0693. The van der Waals surface area contributed by atoms with Crippen molar-refractivity contribution in [2.45, 2.75) is 0 Å². The van der Waals surface area contributed by atoms with Crippen molar-refractivity contribution >= 4 is 17.7 Å². The second-order valence-electron chi connectivity index (χ2n) is 2.37. The Hall–Kier alpha value is -2.13. The molecule has 1 N–H and O–H groups in total. The van der Waals surface area contributed by atoms with Gasteiger partial charge in [0.15, 0.2) is 5.75 Å². The van der Waals surface area contributed by atoms with E-state index in [9.17, 15) is 9.59 Å². The summed E-state index contributed by atoms with van der Waals surface area (Å²) in [4.78, 5) is 24.1. The average Bonchev–Trinajstić information content (AvgIpc) is 2.18. The van der Waals surface area contributed by atoms with Gasteiger partial charge in [-0.2, -0.15) is 4.99 Å². The highest BCUT2D eigenvalue weighted by atomic mass is 16.5. The number of isocyanates is 1. The highest BCUT2D eigenvalue weighted by molar-refractivity contribution is 5.93. The number of carbonyl (C=O) groups excluding carboxylic acids is 1. The van der Waals surface area contributed by atoms with Gasteiger partial charge in [0.1, 0.15) is 11.3 Å². The number of aromatic carboxylic acids is 1. The molecule has 0 spiro atoms. The quantitative estimate of drug-likeness (QED) is 0.580. The zero-order chi connectivity index (χ0) is 10.6. The first kappa shape index (κ1) is 9.95. The van der Waals surface area contributed by atoms with Crippen LogP contribution in [0.5, 0.6) is 5.75 Å². The van der Waals surface area contributed by atoms with Crippen LogP contribution in [0, 0.1) is 0 Å². The lowest BCUT2D eigenvalue weighted by Gasteiger charge is -2.05. The molecule has 1 rings (SSSR count). The van der Waals surface area contributed by atoms with Crippen LogP contribution in [0.15, 0.2) is 23.2 Å². The van der Waals surface area contributed by atoms with E-state index in [0.29, 0.717) is 0 Å². The molecule has 1 aromatic rings. The number of para-hydroxylation sites is 1. The molecule has 0 aromatic heterocycles. The first-order valence-electron chi connectivity index (χ1n) is 3.69. The van der Waals surface area contributed by atoms with Crippen molar-refractivity contribution in [3.05, 3.63) is 23.8 Å². The number of ether oxygens (including phenoxy) is 1. The minimum atomic E-state index is -1.13. The number of hydrogen-bond acceptors (Lipinski definition) is 4. The number of methoxy groups -OCH3 is 1. The minimum absolute atomic E-state index is 0.0380. The summed E-state index contributed by atoms with van der Waals surface area (Å²) in [6.07, 6.45) is 1.33. The van der Waals surface area contributed by atoms with Crippen molar-refractivity contribution < 1.29 is 19.4 Å². The smallest absolute Gasteiger partial charge is 0.339 e. The molecule has 1 aromatic carbocycles. The number of rotatable bonds is 3. The fraction of sp³-hybridized carbons (Fsp3) is 0.111. The summed E-state index contributed by atoms with van der Waals surface area (Å²) in [5.41, 5.74) is 0.117. The minimum Gasteiger partial charge on any atom is -0.494 e. The molecule has 0 amide bonds. The van der Waals surface area contributed by atoms with Crippen molar-refractivity contribution in [3.63, 3.8) is 0 Å². The van der Waals surface area contributed by atoms with Gasteiger partial charge >= 0.3 is 5.97 Å². The molecule has 0 fully saturated rings. The lowest BCUT2D eigenvalue weighted by Crippen LogP contribution is -2.00. The van der Waals surface area contributed by atoms with E-state index in [-0.39, 0.29) is 17.0 Å². The van der Waals surface area contributed by atoms with Gasteiger partial charge in [0.25, 0.3) is 0 Å². The SMILES string of the molecule is COc1c(N=C=O)cccc1C(=O)O. The van der Waals surface area contributed by atoms with E-state index >= 15 is 0 Å². The molecule has 5 heteroatoms. The van der Waals surface area contributed by atoms with Gasteiger partial charge in [-0.15, -0.1) is 0 Å². The molecule has 5 nitrogen and oxygen atoms in total. The van der Waals surface area contributed by atoms with Crippen LogP contribution in [0.2, 0.25) is 0 Å². The van der Waals surface area contributed by atoms with E-state index in [1.807, 2.05) is 0 Å². The first-order chi connectivity index (χ1) is 6.70. The van der Waals surface area contributed by atoms with Gasteiger partial charge in [0, 0.05) is 0 Å². The third kappa shape index (κ3) is 1.78. The Balaban J connectivity index is 3.39. The molecule has 0 aliphatic carbocycles. The summed E-state index contributed by atoms with van der Waals surface area (Å²) >= 11 is 0. The van der Waals surface area contributed by atoms with Crippen LogP contribution >= 0.6 is 0 Å². The van der Waals surface area contributed by atoms with Crippen molar-refractivity contribution in [3.8, 4) is 5.75 Å². The van der Waals surface area contributed by atoms with E-state index < -0.39 is 5.97 Å². The fourth-order valence-corrected chi connectivity index (χ4v) is 1.04. The number of carboxylic acid groups (broad SMARTS) is 1. The maximum absolute atomic E-state index is 10.7. The molecule has 0 unspecified atom stereocenters. The molecular formula is C9H7NO4. The second kappa shape index (κ2) is 4.20. The lowest BCUT2D eigenvalue weighted by atomic mass is 10.2. The van der Waals surface area contributed by atoms with Gasteiger partial charge in [0.05, 0.1) is 7.11 Å². The number of carbonyl (C=O) groups is 1. The van der Waals surface area contributed by atoms with Crippen LogP contribution in [-0.2, 0) is 4.79 Å². The maximum Gasteiger partial charge on any atom is 0.339 e. The van der Waals surface area contributed by atoms with Gasteiger partial charge in [-0.1, -0.05) is 6.07 Å². The largest absolute Gasteiger partial charge is 0.494 e. The van der Waals surface area contributed by atoms with Crippen molar-refractivity contribution in [2.75, 3.05) is 7.11 Å². The zero-order valence-corrected chi connectivity index (χ0v) is 7.35. The molecule has 0 saturated carbocycles. The fourth-order valence-electron chi connectivity index (χ4n) is 1.04. The molecule has 14 heavy (non-hydrogen) atoms. The van der Waals surface area contributed by atoms with Gasteiger partial charge in [-0.3, -0.25) is 0 Å². The maximum atomic E-state index is 10.7. The van der Waals surface area contributed by atoms with E-state index in [1.54, 1.807) is 0 Å². The molecule has 0 atom stereocenters. The summed E-state index contributed by atoms with van der Waals surface area (Å²) in [7, 11) is 1.31. The van der Waals surface area contributed by atoms with Crippen LogP contribution in [0.4, 0.5) is 5.69 Å². The zero-order valence-electron chi connectivity index (χ0n) is 7.35. The number of benzene rings is 1. The molecule has 0 aliphatic rings. The Bertz CT molecular complexity index is 387. The summed E-state index contributed by atoms with van der Waals surface area (Å²) in [6, 6.07) is 4.31. The van der Waals surface area contributed by atoms with Gasteiger partial charge in [-0.25, -0.2) is 9.59 Å². The Morgan fingerprint density at radius 1 is 1.57 bits per heavy atom. The molecular weight excluding hydrogens is 186 g/mol. The summed E-state index contributed by atoms with van der Waals surface area (Å²) in [5, 5.41) is 8.77. The topological polar surface area (TPSA) is 76.0 Å². The Kier molecular flexibility index (Phi) is 2.99. The molecule has 0 radical (unpaired) electrons. The van der Waals surface area contributed by atoms with E-state index in [4.69, 9.17) is 9.84 Å². The molecule has 0 aliphatic heterocycles. The first-order valence-corrected chi connectivity index (χ1v) is 3.69. The second-order valence-corrected chi connectivity index (χ2v) is 2.37. The molecule has 0 bridgehead atoms. The predicted molar refractivity (Wildman–Crippen MR) is 47.7 cm³/mol. The third-order valence-electron chi connectivity index (χ3n) is 1.59. The number of nitrogens with zero attached hydrogens (tertiary/aromatic N) is 1. The molecule has 0 saturated heterocycles. The standard InChI is InChI=1S/C9H7NO4/c1-14-8-6(9(12)13)3-2-4-7(8)10-5-11/h2-4H,1H3,(H,12,13). The Morgan fingerprint density at radius 2 is 2.29 bits per heavy atom. The Morgan fingerprint density at radius 3 is 2.79 bits per heavy atom. The number of carboxylic acids is 1. The van der Waals surface area contributed by atoms with E-state index in [1.165, 1.54) is 31.4 Å².